The highest BCUT2D eigenvalue weighted by molar-refractivity contribution is 6.13. The van der Waals surface area contributed by atoms with Crippen molar-refractivity contribution < 1.29 is 13.2 Å². The van der Waals surface area contributed by atoms with Crippen molar-refractivity contribution in [3.63, 3.8) is 0 Å². The van der Waals surface area contributed by atoms with Crippen LogP contribution in [0, 0.1) is 34.6 Å². The monoisotopic (exact) mass is 1080 g/mol. The summed E-state index contributed by atoms with van der Waals surface area (Å²) in [6, 6.07) is 79.4. The maximum absolute atomic E-state index is 15.4. The molecule has 400 valence electrons. The second kappa shape index (κ2) is 20.1. The highest BCUT2D eigenvalue weighted by atomic mass is 19.4. The fourth-order valence-corrected chi connectivity index (χ4v) is 12.3. The van der Waals surface area contributed by atoms with Crippen molar-refractivity contribution in [3.8, 4) is 90.0 Å². The number of alkyl halides is 3. The van der Waals surface area contributed by atoms with E-state index in [4.69, 9.17) is 15.0 Å². The second-order valence-corrected chi connectivity index (χ2v) is 21.8. The lowest BCUT2D eigenvalue weighted by atomic mass is 9.97. The molecular formula is C75H54F3N5. The maximum Gasteiger partial charge on any atom is 0.416 e. The number of aromatic nitrogens is 5. The second-order valence-electron chi connectivity index (χ2n) is 21.8. The van der Waals surface area contributed by atoms with Crippen LogP contribution in [0.2, 0.25) is 0 Å². The molecule has 8 heteroatoms. The van der Waals surface area contributed by atoms with Crippen LogP contribution < -0.4 is 0 Å². The molecule has 0 amide bonds. The van der Waals surface area contributed by atoms with Crippen LogP contribution in [0.5, 0.6) is 0 Å². The van der Waals surface area contributed by atoms with E-state index in [0.29, 0.717) is 28.5 Å². The molecule has 0 atom stereocenters. The first-order valence-corrected chi connectivity index (χ1v) is 27.9. The van der Waals surface area contributed by atoms with Gasteiger partial charge in [-0.05, 0) is 180 Å². The molecule has 11 aromatic carbocycles. The Kier molecular flexibility index (Phi) is 12.4. The summed E-state index contributed by atoms with van der Waals surface area (Å²) >= 11 is 0. The molecule has 0 aliphatic rings. The highest BCUT2D eigenvalue weighted by Crippen LogP contribution is 2.45. The van der Waals surface area contributed by atoms with E-state index >= 15 is 13.2 Å². The van der Waals surface area contributed by atoms with Gasteiger partial charge in [-0.2, -0.15) is 13.2 Å². The SMILES string of the molecule is Cc1ccc(-n2c3ccc(-c4ccccc4C)cc3c3cc(-c4ccccc4C)ccc32)c(-c2nc(-c3ccccc3)nc(-c3cc(C(F)(F)F)ccc3-n3c4ccc(-c5ccccc5C)cc4c4cc(-c5ccccc5C)ccc43)n2)c1. The van der Waals surface area contributed by atoms with Gasteiger partial charge in [0, 0.05) is 38.2 Å². The van der Waals surface area contributed by atoms with Crippen molar-refractivity contribution in [2.24, 2.45) is 0 Å². The van der Waals surface area contributed by atoms with Crippen molar-refractivity contribution in [2.75, 3.05) is 0 Å². The molecule has 0 spiro atoms. The van der Waals surface area contributed by atoms with Gasteiger partial charge in [0.15, 0.2) is 17.5 Å². The number of halogens is 3. The lowest BCUT2D eigenvalue weighted by Gasteiger charge is -2.18. The third-order valence-corrected chi connectivity index (χ3v) is 16.5. The zero-order valence-corrected chi connectivity index (χ0v) is 46.4. The van der Waals surface area contributed by atoms with Gasteiger partial charge in [0.05, 0.1) is 39.0 Å². The Balaban J connectivity index is 1.03. The molecule has 0 fully saturated rings. The molecule has 0 radical (unpaired) electrons. The summed E-state index contributed by atoms with van der Waals surface area (Å²) in [5.74, 6) is 0.729. The number of rotatable bonds is 9. The maximum atomic E-state index is 15.4. The van der Waals surface area contributed by atoms with E-state index in [1.807, 2.05) is 61.5 Å². The van der Waals surface area contributed by atoms with E-state index in [0.717, 1.165) is 117 Å². The fraction of sp³-hybridized carbons (Fsp3) is 0.0800. The predicted octanol–water partition coefficient (Wildman–Crippen LogP) is 20.3. The van der Waals surface area contributed by atoms with Crippen LogP contribution in [0.1, 0.15) is 33.4 Å². The van der Waals surface area contributed by atoms with Gasteiger partial charge in [-0.15, -0.1) is 0 Å². The van der Waals surface area contributed by atoms with Gasteiger partial charge in [0.2, 0.25) is 0 Å². The average Bonchev–Trinajstić information content (AvgIpc) is 4.21. The van der Waals surface area contributed by atoms with Crippen LogP contribution in [0.25, 0.3) is 134 Å². The van der Waals surface area contributed by atoms with Gasteiger partial charge in [0.25, 0.3) is 0 Å². The summed E-state index contributed by atoms with van der Waals surface area (Å²) in [5.41, 5.74) is 20.0. The molecule has 14 aromatic rings. The van der Waals surface area contributed by atoms with Gasteiger partial charge < -0.3 is 9.13 Å². The van der Waals surface area contributed by atoms with Crippen molar-refractivity contribution in [1.82, 2.24) is 24.1 Å². The largest absolute Gasteiger partial charge is 0.416 e. The number of hydrogen-bond donors (Lipinski definition) is 0. The first-order valence-electron chi connectivity index (χ1n) is 27.9. The lowest BCUT2D eigenvalue weighted by Crippen LogP contribution is -2.09. The Morgan fingerprint density at radius 3 is 1.00 bits per heavy atom. The summed E-state index contributed by atoms with van der Waals surface area (Å²) in [6.45, 7) is 10.5. The number of aryl methyl sites for hydroxylation is 5. The molecule has 0 unspecified atom stereocenters. The van der Waals surface area contributed by atoms with Gasteiger partial charge in [-0.3, -0.25) is 0 Å². The van der Waals surface area contributed by atoms with Crippen molar-refractivity contribution in [3.05, 3.63) is 270 Å². The summed E-state index contributed by atoms with van der Waals surface area (Å²) < 4.78 is 50.4. The van der Waals surface area contributed by atoms with Crippen LogP contribution in [0.15, 0.2) is 237 Å². The molecule has 0 saturated heterocycles. The van der Waals surface area contributed by atoms with Gasteiger partial charge in [-0.1, -0.05) is 163 Å². The minimum Gasteiger partial charge on any atom is -0.309 e. The lowest BCUT2D eigenvalue weighted by molar-refractivity contribution is -0.137. The first kappa shape index (κ1) is 51.0. The Hall–Kier alpha value is -10.2. The van der Waals surface area contributed by atoms with E-state index in [9.17, 15) is 0 Å². The standard InChI is InChI=1S/C75H54F3N5/c1-45-27-33-70(82-66-34-28-51(56-23-13-9-17-46(56)2)40-60(66)61-41-52(29-35-67(61)82)57-24-14-10-18-47(57)3)64(39-45)73-79-72(50-21-7-6-8-22-50)80-74(81-73)65-44-55(75(76,77)78)32-38-71(65)83-68-36-30-53(58-25-15-11-19-48(58)4)42-62(68)63-43-54(31-37-69(63)83)59-26-16-12-20-49(59)5/h6-44H,1-5H3. The van der Waals surface area contributed by atoms with E-state index in [-0.39, 0.29) is 11.4 Å². The molecule has 5 nitrogen and oxygen atoms in total. The van der Waals surface area contributed by atoms with Crippen LogP contribution in [-0.4, -0.2) is 24.1 Å². The summed E-state index contributed by atoms with van der Waals surface area (Å²) in [6.07, 6.45) is -4.69. The zero-order valence-electron chi connectivity index (χ0n) is 46.4. The number of fused-ring (bicyclic) bond motifs is 6. The molecular weight excluding hydrogens is 1030 g/mol. The van der Waals surface area contributed by atoms with Crippen LogP contribution in [-0.2, 0) is 6.18 Å². The van der Waals surface area contributed by atoms with Crippen LogP contribution >= 0.6 is 0 Å². The van der Waals surface area contributed by atoms with E-state index in [1.165, 1.54) is 17.2 Å². The number of nitrogens with zero attached hydrogens (tertiary/aromatic N) is 5. The van der Waals surface area contributed by atoms with E-state index in [2.05, 4.69) is 201 Å². The molecule has 0 bridgehead atoms. The third kappa shape index (κ3) is 8.95. The minimum absolute atomic E-state index is 0.0958. The quantitative estimate of drug-likeness (QED) is 0.145. The number of benzene rings is 11. The van der Waals surface area contributed by atoms with E-state index < -0.39 is 11.7 Å². The highest BCUT2D eigenvalue weighted by Gasteiger charge is 2.33. The Bertz CT molecular complexity index is 4710. The molecule has 83 heavy (non-hydrogen) atoms. The topological polar surface area (TPSA) is 48.5 Å². The normalized spacial score (nSPS) is 11.9. The first-order chi connectivity index (χ1) is 40.3. The smallest absolute Gasteiger partial charge is 0.309 e. The van der Waals surface area contributed by atoms with Gasteiger partial charge >= 0.3 is 6.18 Å². The van der Waals surface area contributed by atoms with Crippen molar-refractivity contribution >= 4 is 43.6 Å². The predicted molar refractivity (Wildman–Crippen MR) is 335 cm³/mol. The Morgan fingerprint density at radius 2 is 0.627 bits per heavy atom. The molecule has 0 aliphatic carbocycles. The van der Waals surface area contributed by atoms with Crippen LogP contribution in [0.4, 0.5) is 13.2 Å². The molecule has 0 N–H and O–H groups in total. The third-order valence-electron chi connectivity index (χ3n) is 16.5. The molecule has 3 aromatic heterocycles. The fourth-order valence-electron chi connectivity index (χ4n) is 12.3. The van der Waals surface area contributed by atoms with Crippen molar-refractivity contribution in [1.29, 1.82) is 0 Å². The van der Waals surface area contributed by atoms with E-state index in [1.54, 1.807) is 6.07 Å². The summed E-state index contributed by atoms with van der Waals surface area (Å²) in [4.78, 5) is 15.8. The summed E-state index contributed by atoms with van der Waals surface area (Å²) in [5, 5.41) is 4.05. The number of hydrogen-bond acceptors (Lipinski definition) is 3. The summed E-state index contributed by atoms with van der Waals surface area (Å²) in [7, 11) is 0. The van der Waals surface area contributed by atoms with Crippen LogP contribution in [0.3, 0.4) is 0 Å². The Morgan fingerprint density at radius 1 is 0.289 bits per heavy atom. The molecule has 14 rings (SSSR count). The van der Waals surface area contributed by atoms with Gasteiger partial charge in [0.1, 0.15) is 0 Å². The minimum atomic E-state index is -4.69. The molecule has 3 heterocycles. The molecule has 0 saturated carbocycles. The van der Waals surface area contributed by atoms with Crippen molar-refractivity contribution in [2.45, 2.75) is 40.8 Å². The average molecular weight is 1080 g/mol. The molecule has 0 aliphatic heterocycles. The van der Waals surface area contributed by atoms with Gasteiger partial charge in [-0.25, -0.2) is 15.0 Å². The Labute approximate surface area is 479 Å². The zero-order chi connectivity index (χ0) is 56.7.